The SMILES string of the molecule is COc1ccc(C2CC(C3CC3)=NN2C(N)=S)cc1. The highest BCUT2D eigenvalue weighted by Crippen LogP contribution is 2.40. The molecule has 1 aromatic carbocycles. The Hall–Kier alpha value is -1.62. The molecule has 19 heavy (non-hydrogen) atoms. The van der Waals surface area contributed by atoms with E-state index in [-0.39, 0.29) is 6.04 Å². The maximum atomic E-state index is 5.79. The van der Waals surface area contributed by atoms with Gasteiger partial charge in [-0.3, -0.25) is 0 Å². The van der Waals surface area contributed by atoms with Gasteiger partial charge in [0.05, 0.1) is 13.2 Å². The average molecular weight is 275 g/mol. The highest BCUT2D eigenvalue weighted by atomic mass is 32.1. The lowest BCUT2D eigenvalue weighted by Crippen LogP contribution is -2.31. The monoisotopic (exact) mass is 275 g/mol. The highest BCUT2D eigenvalue weighted by Gasteiger charge is 2.37. The molecule has 5 heteroatoms. The van der Waals surface area contributed by atoms with Crippen LogP contribution in [0, 0.1) is 5.92 Å². The number of hydrogen-bond acceptors (Lipinski definition) is 3. The van der Waals surface area contributed by atoms with E-state index in [1.165, 1.54) is 24.1 Å². The molecule has 0 spiro atoms. The molecule has 2 N–H and O–H groups in total. The molecular weight excluding hydrogens is 258 g/mol. The normalized spacial score (nSPS) is 22.3. The van der Waals surface area contributed by atoms with E-state index in [2.05, 4.69) is 17.2 Å². The third kappa shape index (κ3) is 2.42. The van der Waals surface area contributed by atoms with Gasteiger partial charge in [0.1, 0.15) is 5.75 Å². The van der Waals surface area contributed by atoms with Crippen LogP contribution < -0.4 is 10.5 Å². The summed E-state index contributed by atoms with van der Waals surface area (Å²) in [6, 6.07) is 8.17. The molecule has 1 heterocycles. The third-order valence-electron chi connectivity index (χ3n) is 3.71. The summed E-state index contributed by atoms with van der Waals surface area (Å²) in [6.45, 7) is 0. The number of rotatable bonds is 3. The van der Waals surface area contributed by atoms with E-state index in [1.807, 2.05) is 12.1 Å². The van der Waals surface area contributed by atoms with Crippen molar-refractivity contribution >= 4 is 23.0 Å². The second-order valence-corrected chi connectivity index (χ2v) is 5.46. The van der Waals surface area contributed by atoms with Gasteiger partial charge in [0.25, 0.3) is 0 Å². The van der Waals surface area contributed by atoms with Gasteiger partial charge in [-0.05, 0) is 48.7 Å². The molecule has 0 bridgehead atoms. The Morgan fingerprint density at radius 3 is 2.58 bits per heavy atom. The maximum Gasteiger partial charge on any atom is 0.187 e. The minimum absolute atomic E-state index is 0.138. The van der Waals surface area contributed by atoms with Gasteiger partial charge < -0.3 is 10.5 Å². The fraction of sp³-hybridized carbons (Fsp3) is 0.429. The van der Waals surface area contributed by atoms with Crippen molar-refractivity contribution in [1.82, 2.24) is 5.01 Å². The van der Waals surface area contributed by atoms with Crippen LogP contribution in [0.25, 0.3) is 0 Å². The van der Waals surface area contributed by atoms with Crippen molar-refractivity contribution in [1.29, 1.82) is 0 Å². The quantitative estimate of drug-likeness (QED) is 0.861. The van der Waals surface area contributed by atoms with Crippen molar-refractivity contribution in [2.75, 3.05) is 7.11 Å². The van der Waals surface area contributed by atoms with Crippen LogP contribution in [0.1, 0.15) is 30.9 Å². The first-order valence-corrected chi connectivity index (χ1v) is 6.90. The molecule has 1 aliphatic heterocycles. The minimum atomic E-state index is 0.138. The topological polar surface area (TPSA) is 50.8 Å². The lowest BCUT2D eigenvalue weighted by molar-refractivity contribution is 0.371. The summed E-state index contributed by atoms with van der Waals surface area (Å²) in [4.78, 5) is 0. The number of benzene rings is 1. The maximum absolute atomic E-state index is 5.79. The second kappa shape index (κ2) is 4.81. The summed E-state index contributed by atoms with van der Waals surface area (Å²) in [5.74, 6) is 1.51. The number of methoxy groups -OCH3 is 1. The van der Waals surface area contributed by atoms with Crippen LogP contribution in [0.4, 0.5) is 0 Å². The lowest BCUT2D eigenvalue weighted by atomic mass is 10.0. The standard InChI is InChI=1S/C14H17N3OS/c1-18-11-6-4-10(5-7-11)13-8-12(9-2-3-9)16-17(13)14(15)19/h4-7,9,13H,2-3,8H2,1H3,(H2,15,19). The number of nitrogens with two attached hydrogens (primary N) is 1. The van der Waals surface area contributed by atoms with Crippen molar-refractivity contribution < 1.29 is 4.74 Å². The van der Waals surface area contributed by atoms with Crippen molar-refractivity contribution in [2.24, 2.45) is 16.8 Å². The van der Waals surface area contributed by atoms with E-state index in [9.17, 15) is 0 Å². The minimum Gasteiger partial charge on any atom is -0.497 e. The molecule has 1 aliphatic carbocycles. The Bertz CT molecular complexity index is 522. The Morgan fingerprint density at radius 2 is 2.05 bits per heavy atom. The molecule has 2 aliphatic rings. The summed E-state index contributed by atoms with van der Waals surface area (Å²) < 4.78 is 5.18. The predicted octanol–water partition coefficient (Wildman–Crippen LogP) is 2.45. The van der Waals surface area contributed by atoms with Crippen LogP contribution in [0.3, 0.4) is 0 Å². The number of ether oxygens (including phenoxy) is 1. The van der Waals surface area contributed by atoms with Gasteiger partial charge in [-0.15, -0.1) is 0 Å². The molecular formula is C14H17N3OS. The molecule has 0 saturated heterocycles. The molecule has 0 aromatic heterocycles. The molecule has 1 fully saturated rings. The summed E-state index contributed by atoms with van der Waals surface area (Å²) in [6.07, 6.45) is 3.42. The number of nitrogens with zero attached hydrogens (tertiary/aromatic N) is 2. The highest BCUT2D eigenvalue weighted by molar-refractivity contribution is 7.80. The van der Waals surface area contributed by atoms with Crippen LogP contribution in [0.5, 0.6) is 5.75 Å². The molecule has 3 rings (SSSR count). The zero-order valence-electron chi connectivity index (χ0n) is 10.9. The van der Waals surface area contributed by atoms with Gasteiger partial charge in [0.15, 0.2) is 5.11 Å². The summed E-state index contributed by atoms with van der Waals surface area (Å²) in [5, 5.41) is 6.73. The zero-order valence-corrected chi connectivity index (χ0v) is 11.7. The van der Waals surface area contributed by atoms with Crippen molar-refractivity contribution in [3.05, 3.63) is 29.8 Å². The van der Waals surface area contributed by atoms with E-state index in [1.54, 1.807) is 12.1 Å². The van der Waals surface area contributed by atoms with Crippen LogP contribution in [0.15, 0.2) is 29.4 Å². The first-order valence-electron chi connectivity index (χ1n) is 6.49. The van der Waals surface area contributed by atoms with Crippen LogP contribution in [-0.2, 0) is 0 Å². The van der Waals surface area contributed by atoms with Gasteiger partial charge in [0.2, 0.25) is 0 Å². The van der Waals surface area contributed by atoms with Gasteiger partial charge >= 0.3 is 0 Å². The van der Waals surface area contributed by atoms with Crippen molar-refractivity contribution in [3.8, 4) is 5.75 Å². The summed E-state index contributed by atoms with van der Waals surface area (Å²) in [5.41, 5.74) is 8.21. The van der Waals surface area contributed by atoms with E-state index < -0.39 is 0 Å². The average Bonchev–Trinajstić information content (AvgIpc) is 3.17. The predicted molar refractivity (Wildman–Crippen MR) is 79.1 cm³/mol. The Balaban J connectivity index is 1.84. The molecule has 0 radical (unpaired) electrons. The Labute approximate surface area is 118 Å². The van der Waals surface area contributed by atoms with Crippen LogP contribution >= 0.6 is 12.2 Å². The van der Waals surface area contributed by atoms with Gasteiger partial charge in [0, 0.05) is 12.1 Å². The smallest absolute Gasteiger partial charge is 0.187 e. The zero-order chi connectivity index (χ0) is 13.4. The van der Waals surface area contributed by atoms with Gasteiger partial charge in [-0.25, -0.2) is 5.01 Å². The van der Waals surface area contributed by atoms with E-state index in [0.29, 0.717) is 11.0 Å². The first kappa shape index (κ1) is 12.4. The molecule has 0 amide bonds. The fourth-order valence-electron chi connectivity index (χ4n) is 2.49. The molecule has 4 nitrogen and oxygen atoms in total. The van der Waals surface area contributed by atoms with E-state index >= 15 is 0 Å². The van der Waals surface area contributed by atoms with E-state index in [0.717, 1.165) is 12.2 Å². The second-order valence-electron chi connectivity index (χ2n) is 5.04. The summed E-state index contributed by atoms with van der Waals surface area (Å²) in [7, 11) is 1.67. The van der Waals surface area contributed by atoms with Gasteiger partial charge in [-0.1, -0.05) is 12.1 Å². The molecule has 1 aromatic rings. The number of hydrazone groups is 1. The number of thiocarbonyl (C=S) groups is 1. The Kier molecular flexibility index (Phi) is 3.14. The molecule has 1 unspecified atom stereocenters. The largest absolute Gasteiger partial charge is 0.497 e. The third-order valence-corrected chi connectivity index (χ3v) is 3.90. The van der Waals surface area contributed by atoms with Crippen molar-refractivity contribution in [3.63, 3.8) is 0 Å². The fourth-order valence-corrected chi connectivity index (χ4v) is 2.65. The molecule has 1 atom stereocenters. The van der Waals surface area contributed by atoms with Crippen LogP contribution in [-0.4, -0.2) is 22.9 Å². The Morgan fingerprint density at radius 1 is 1.37 bits per heavy atom. The lowest BCUT2D eigenvalue weighted by Gasteiger charge is -2.22. The van der Waals surface area contributed by atoms with Crippen molar-refractivity contribution in [2.45, 2.75) is 25.3 Å². The van der Waals surface area contributed by atoms with E-state index in [4.69, 9.17) is 22.7 Å². The molecule has 100 valence electrons. The van der Waals surface area contributed by atoms with Crippen LogP contribution in [0.2, 0.25) is 0 Å². The number of hydrogen-bond donors (Lipinski definition) is 1. The summed E-state index contributed by atoms with van der Waals surface area (Å²) >= 11 is 5.11. The van der Waals surface area contributed by atoms with Gasteiger partial charge in [-0.2, -0.15) is 5.10 Å². The first-order chi connectivity index (χ1) is 9.19. The molecule has 1 saturated carbocycles.